The third-order valence-electron chi connectivity index (χ3n) is 3.32. The number of rotatable bonds is 2. The van der Waals surface area contributed by atoms with Crippen molar-refractivity contribution in [2.45, 2.75) is 24.6 Å². The Balaban J connectivity index is 2.35. The van der Waals surface area contributed by atoms with Crippen LogP contribution in [0.3, 0.4) is 0 Å². The number of piperidine rings is 1. The number of nitrogens with two attached hydrogens (primary N) is 1. The summed E-state index contributed by atoms with van der Waals surface area (Å²) in [7, 11) is 0. The number of nitrogens with zero attached hydrogens (tertiary/aromatic N) is 2. The molecule has 110 valence electrons. The molecule has 0 spiro atoms. The van der Waals surface area contributed by atoms with Gasteiger partial charge in [0.05, 0.1) is 12.1 Å². The van der Waals surface area contributed by atoms with Crippen molar-refractivity contribution < 1.29 is 23.1 Å². The largest absolute Gasteiger partial charge is 0.419 e. The lowest BCUT2D eigenvalue weighted by atomic mass is 9.92. The lowest BCUT2D eigenvalue weighted by molar-refractivity contribution is -0.138. The molecule has 8 heteroatoms. The van der Waals surface area contributed by atoms with E-state index >= 15 is 0 Å². The summed E-state index contributed by atoms with van der Waals surface area (Å²) in [4.78, 5) is 16.2. The molecule has 1 aliphatic rings. The fourth-order valence-electron chi connectivity index (χ4n) is 2.29. The van der Waals surface area contributed by atoms with Crippen molar-refractivity contribution in [1.82, 2.24) is 4.98 Å². The molecule has 0 radical (unpaired) electrons. The second-order valence-electron chi connectivity index (χ2n) is 4.79. The zero-order chi connectivity index (χ0) is 15.0. The van der Waals surface area contributed by atoms with Crippen LogP contribution >= 0.6 is 0 Å². The predicted molar refractivity (Wildman–Crippen MR) is 64.8 cm³/mol. The molecular weight excluding hydrogens is 275 g/mol. The van der Waals surface area contributed by atoms with Crippen LogP contribution in [-0.4, -0.2) is 34.7 Å². The first-order chi connectivity index (χ1) is 9.24. The van der Waals surface area contributed by atoms with Crippen LogP contribution in [0.4, 0.5) is 19.0 Å². The number of primary amides is 1. The highest BCUT2D eigenvalue weighted by Crippen LogP contribution is 2.36. The van der Waals surface area contributed by atoms with Gasteiger partial charge in [0.1, 0.15) is 5.82 Å². The molecule has 0 saturated carbocycles. The number of hydrogen-bond donors (Lipinski definition) is 2. The fourth-order valence-corrected chi connectivity index (χ4v) is 2.29. The highest BCUT2D eigenvalue weighted by atomic mass is 19.4. The second kappa shape index (κ2) is 4.93. The fraction of sp³-hybridized carbons (Fsp3) is 0.500. The molecule has 1 atom stereocenters. The standard InChI is InChI=1S/C12H14F3N3O2/c13-12(14,15)8-3-1-5-17-9(8)18-6-2-4-11(20,7-18)10(16)19/h1,3,5,20H,2,4,6-7H2,(H2,16,19)/t11-/m1/s1. The molecule has 0 aromatic carbocycles. The van der Waals surface area contributed by atoms with Crippen LogP contribution < -0.4 is 10.6 Å². The Morgan fingerprint density at radius 3 is 2.80 bits per heavy atom. The number of aromatic nitrogens is 1. The highest BCUT2D eigenvalue weighted by molar-refractivity contribution is 5.84. The summed E-state index contributed by atoms with van der Waals surface area (Å²) in [5, 5.41) is 10.0. The Hall–Kier alpha value is -1.83. The number of carbonyl (C=O) groups excluding carboxylic acids is 1. The van der Waals surface area contributed by atoms with Crippen LogP contribution in [0.5, 0.6) is 0 Å². The third-order valence-corrected chi connectivity index (χ3v) is 3.32. The first-order valence-corrected chi connectivity index (χ1v) is 6.03. The molecule has 1 amide bonds. The quantitative estimate of drug-likeness (QED) is 0.848. The Kier molecular flexibility index (Phi) is 3.59. The van der Waals surface area contributed by atoms with Crippen LogP contribution in [-0.2, 0) is 11.0 Å². The van der Waals surface area contributed by atoms with E-state index in [-0.39, 0.29) is 25.3 Å². The molecule has 1 saturated heterocycles. The van der Waals surface area contributed by atoms with Crippen LogP contribution in [0, 0.1) is 0 Å². The van der Waals surface area contributed by atoms with Crippen molar-refractivity contribution in [2.24, 2.45) is 5.73 Å². The van der Waals surface area contributed by atoms with Crippen molar-refractivity contribution in [3.05, 3.63) is 23.9 Å². The number of amides is 1. The number of hydrogen-bond acceptors (Lipinski definition) is 4. The summed E-state index contributed by atoms with van der Waals surface area (Å²) >= 11 is 0. The summed E-state index contributed by atoms with van der Waals surface area (Å²) in [5.41, 5.74) is 2.39. The number of pyridine rings is 1. The molecule has 3 N–H and O–H groups in total. The summed E-state index contributed by atoms with van der Waals surface area (Å²) in [6, 6.07) is 2.11. The van der Waals surface area contributed by atoms with E-state index in [9.17, 15) is 23.1 Å². The van der Waals surface area contributed by atoms with E-state index in [1.165, 1.54) is 17.2 Å². The van der Waals surface area contributed by atoms with Gasteiger partial charge in [-0.15, -0.1) is 0 Å². The van der Waals surface area contributed by atoms with E-state index in [1.54, 1.807) is 0 Å². The molecule has 1 aromatic heterocycles. The van der Waals surface area contributed by atoms with E-state index in [4.69, 9.17) is 5.73 Å². The van der Waals surface area contributed by atoms with Crippen molar-refractivity contribution in [3.8, 4) is 0 Å². The summed E-state index contributed by atoms with van der Waals surface area (Å²) in [5.74, 6) is -1.23. The number of aliphatic hydroxyl groups is 1. The van der Waals surface area contributed by atoms with Crippen molar-refractivity contribution in [1.29, 1.82) is 0 Å². The lowest BCUT2D eigenvalue weighted by Gasteiger charge is -2.38. The molecule has 1 fully saturated rings. The maximum absolute atomic E-state index is 12.9. The van der Waals surface area contributed by atoms with Crippen molar-refractivity contribution in [2.75, 3.05) is 18.0 Å². The van der Waals surface area contributed by atoms with E-state index < -0.39 is 23.2 Å². The van der Waals surface area contributed by atoms with Gasteiger partial charge in [-0.1, -0.05) is 0 Å². The number of carbonyl (C=O) groups is 1. The Labute approximate surface area is 113 Å². The van der Waals surface area contributed by atoms with E-state index in [2.05, 4.69) is 4.98 Å². The molecule has 0 aliphatic carbocycles. The molecule has 1 aromatic rings. The molecule has 0 bridgehead atoms. The van der Waals surface area contributed by atoms with E-state index in [1.807, 2.05) is 0 Å². The molecule has 1 aliphatic heterocycles. The number of alkyl halides is 3. The van der Waals surface area contributed by atoms with Crippen LogP contribution in [0.2, 0.25) is 0 Å². The van der Waals surface area contributed by atoms with Gasteiger partial charge in [-0.25, -0.2) is 4.98 Å². The van der Waals surface area contributed by atoms with Gasteiger partial charge in [-0.2, -0.15) is 13.2 Å². The summed E-state index contributed by atoms with van der Waals surface area (Å²) in [6.45, 7) is -0.0158. The molecule has 2 rings (SSSR count). The minimum absolute atomic E-state index is 0.132. The average Bonchev–Trinajstić information content (AvgIpc) is 2.37. The first-order valence-electron chi connectivity index (χ1n) is 6.03. The van der Waals surface area contributed by atoms with Gasteiger partial charge in [0.2, 0.25) is 0 Å². The maximum Gasteiger partial charge on any atom is 0.419 e. The average molecular weight is 289 g/mol. The van der Waals surface area contributed by atoms with Crippen molar-refractivity contribution >= 4 is 11.7 Å². The predicted octanol–water partition coefficient (Wildman–Crippen LogP) is 0.917. The van der Waals surface area contributed by atoms with Gasteiger partial charge in [-0.3, -0.25) is 4.79 Å². The van der Waals surface area contributed by atoms with Gasteiger partial charge >= 0.3 is 6.18 Å². The lowest BCUT2D eigenvalue weighted by Crippen LogP contribution is -2.56. The molecular formula is C12H14F3N3O2. The first kappa shape index (κ1) is 14.6. The second-order valence-corrected chi connectivity index (χ2v) is 4.79. The van der Waals surface area contributed by atoms with Crippen LogP contribution in [0.1, 0.15) is 18.4 Å². The van der Waals surface area contributed by atoms with E-state index in [0.29, 0.717) is 6.42 Å². The monoisotopic (exact) mass is 289 g/mol. The summed E-state index contributed by atoms with van der Waals surface area (Å²) < 4.78 is 38.8. The van der Waals surface area contributed by atoms with Gasteiger partial charge in [0.25, 0.3) is 5.91 Å². The highest BCUT2D eigenvalue weighted by Gasteiger charge is 2.42. The normalized spacial score (nSPS) is 23.7. The topological polar surface area (TPSA) is 79.5 Å². The van der Waals surface area contributed by atoms with Crippen LogP contribution in [0.25, 0.3) is 0 Å². The number of β-amino-alcohol motifs (C(OH)–C–C–N with tert-alkyl or cyclic N) is 1. The maximum atomic E-state index is 12.9. The SMILES string of the molecule is NC(=O)[C@@]1(O)CCCN(c2ncccc2C(F)(F)F)C1. The Morgan fingerprint density at radius 1 is 1.50 bits per heavy atom. The minimum atomic E-state index is -4.55. The molecule has 2 heterocycles. The van der Waals surface area contributed by atoms with E-state index in [0.717, 1.165) is 6.07 Å². The number of anilines is 1. The Morgan fingerprint density at radius 2 is 2.20 bits per heavy atom. The zero-order valence-corrected chi connectivity index (χ0v) is 10.5. The molecule has 20 heavy (non-hydrogen) atoms. The third kappa shape index (κ3) is 2.69. The summed E-state index contributed by atoms with van der Waals surface area (Å²) in [6.07, 6.45) is -2.82. The van der Waals surface area contributed by atoms with Gasteiger partial charge in [0.15, 0.2) is 5.60 Å². The zero-order valence-electron chi connectivity index (χ0n) is 10.5. The van der Waals surface area contributed by atoms with Gasteiger partial charge in [0, 0.05) is 12.7 Å². The smallest absolute Gasteiger partial charge is 0.378 e. The number of halogens is 3. The Bertz CT molecular complexity index is 521. The van der Waals surface area contributed by atoms with Gasteiger partial charge in [-0.05, 0) is 25.0 Å². The van der Waals surface area contributed by atoms with Gasteiger partial charge < -0.3 is 15.7 Å². The van der Waals surface area contributed by atoms with Crippen molar-refractivity contribution in [3.63, 3.8) is 0 Å². The molecule has 5 nitrogen and oxygen atoms in total. The molecule has 0 unspecified atom stereocenters. The minimum Gasteiger partial charge on any atom is -0.378 e. The van der Waals surface area contributed by atoms with Crippen LogP contribution in [0.15, 0.2) is 18.3 Å².